The van der Waals surface area contributed by atoms with Crippen molar-refractivity contribution in [3.63, 3.8) is 0 Å². The number of carbonyl (C=O) groups excluding carboxylic acids is 1. The van der Waals surface area contributed by atoms with Gasteiger partial charge in [-0.3, -0.25) is 9.69 Å². The summed E-state index contributed by atoms with van der Waals surface area (Å²) in [6.45, 7) is 8.54. The van der Waals surface area contributed by atoms with Crippen LogP contribution < -0.4 is 5.32 Å². The minimum Gasteiger partial charge on any atom is -0.349 e. The van der Waals surface area contributed by atoms with Gasteiger partial charge in [-0.1, -0.05) is 0 Å². The number of nitrogens with zero attached hydrogens (tertiary/aromatic N) is 2. The van der Waals surface area contributed by atoms with Gasteiger partial charge in [-0.2, -0.15) is 4.39 Å². The molecule has 0 aliphatic carbocycles. The third kappa shape index (κ3) is 3.76. The zero-order valence-electron chi connectivity index (χ0n) is 12.3. The van der Waals surface area contributed by atoms with Gasteiger partial charge in [-0.25, -0.2) is 4.98 Å². The Bertz CT molecular complexity index is 476. The molecule has 2 heterocycles. The van der Waals surface area contributed by atoms with Crippen LogP contribution in [0.4, 0.5) is 4.39 Å². The summed E-state index contributed by atoms with van der Waals surface area (Å²) in [5.74, 6) is -0.847. The van der Waals surface area contributed by atoms with Crippen molar-refractivity contribution in [2.24, 2.45) is 0 Å². The van der Waals surface area contributed by atoms with E-state index in [0.29, 0.717) is 5.56 Å². The molecule has 1 aromatic heterocycles. The zero-order chi connectivity index (χ0) is 14.8. The lowest BCUT2D eigenvalue weighted by Crippen LogP contribution is -2.50. The number of nitrogens with one attached hydrogen (secondary N) is 1. The summed E-state index contributed by atoms with van der Waals surface area (Å²) in [5.41, 5.74) is 0.499. The molecule has 1 aromatic rings. The first-order valence-electron chi connectivity index (χ1n) is 7.04. The first-order chi connectivity index (χ1) is 9.36. The highest BCUT2D eigenvalue weighted by molar-refractivity contribution is 5.94. The molecule has 20 heavy (non-hydrogen) atoms. The van der Waals surface area contributed by atoms with Gasteiger partial charge in [-0.05, 0) is 39.7 Å². The van der Waals surface area contributed by atoms with Gasteiger partial charge in [0.2, 0.25) is 5.95 Å². The van der Waals surface area contributed by atoms with Crippen LogP contribution in [0.2, 0.25) is 0 Å². The number of piperidine rings is 1. The van der Waals surface area contributed by atoms with Crippen molar-refractivity contribution in [1.29, 1.82) is 0 Å². The fourth-order valence-corrected chi connectivity index (χ4v) is 2.51. The fourth-order valence-electron chi connectivity index (χ4n) is 2.51. The topological polar surface area (TPSA) is 45.2 Å². The maximum atomic E-state index is 13.0. The lowest BCUT2D eigenvalue weighted by atomic mass is 9.98. The molecule has 5 heteroatoms. The lowest BCUT2D eigenvalue weighted by molar-refractivity contribution is 0.0812. The summed E-state index contributed by atoms with van der Waals surface area (Å²) >= 11 is 0. The molecule has 0 unspecified atom stereocenters. The van der Waals surface area contributed by atoms with Gasteiger partial charge < -0.3 is 5.32 Å². The monoisotopic (exact) mass is 279 g/mol. The Hall–Kier alpha value is -1.49. The van der Waals surface area contributed by atoms with E-state index in [2.05, 4.69) is 36.0 Å². The second-order valence-electron chi connectivity index (χ2n) is 6.27. The lowest BCUT2D eigenvalue weighted by Gasteiger charge is -2.41. The molecule has 2 rings (SSSR count). The number of likely N-dealkylation sites (tertiary alicyclic amines) is 1. The molecule has 1 aliphatic heterocycles. The molecule has 0 spiro atoms. The van der Waals surface area contributed by atoms with Crippen molar-refractivity contribution < 1.29 is 9.18 Å². The van der Waals surface area contributed by atoms with E-state index in [1.807, 2.05) is 0 Å². The van der Waals surface area contributed by atoms with Crippen molar-refractivity contribution in [3.8, 4) is 0 Å². The van der Waals surface area contributed by atoms with Gasteiger partial charge >= 0.3 is 0 Å². The third-order valence-electron chi connectivity index (χ3n) is 3.77. The normalized spacial score (nSPS) is 18.0. The first-order valence-corrected chi connectivity index (χ1v) is 7.04. The average molecular weight is 279 g/mol. The molecule has 110 valence electrons. The van der Waals surface area contributed by atoms with Gasteiger partial charge in [-0.15, -0.1) is 0 Å². The van der Waals surface area contributed by atoms with Gasteiger partial charge in [0.1, 0.15) is 0 Å². The molecule has 1 amide bonds. The summed E-state index contributed by atoms with van der Waals surface area (Å²) in [5, 5.41) is 2.97. The maximum Gasteiger partial charge on any atom is 0.251 e. The highest BCUT2D eigenvalue weighted by Crippen LogP contribution is 2.20. The molecule has 0 saturated carbocycles. The van der Waals surface area contributed by atoms with E-state index < -0.39 is 5.95 Å². The number of pyridine rings is 1. The smallest absolute Gasteiger partial charge is 0.251 e. The van der Waals surface area contributed by atoms with Crippen LogP contribution in [0.1, 0.15) is 44.0 Å². The van der Waals surface area contributed by atoms with E-state index in [4.69, 9.17) is 0 Å². The SMILES string of the molecule is CC(C)(C)N1CCC(NC(=O)c2ccnc(F)c2)CC1. The van der Waals surface area contributed by atoms with Crippen LogP contribution in [0.25, 0.3) is 0 Å². The second-order valence-corrected chi connectivity index (χ2v) is 6.27. The van der Waals surface area contributed by atoms with E-state index in [0.717, 1.165) is 25.9 Å². The Labute approximate surface area is 119 Å². The molecule has 1 saturated heterocycles. The third-order valence-corrected chi connectivity index (χ3v) is 3.77. The largest absolute Gasteiger partial charge is 0.349 e. The highest BCUT2D eigenvalue weighted by atomic mass is 19.1. The number of rotatable bonds is 2. The van der Waals surface area contributed by atoms with Crippen LogP contribution >= 0.6 is 0 Å². The highest BCUT2D eigenvalue weighted by Gasteiger charge is 2.27. The predicted octanol–water partition coefficient (Wildman–Crippen LogP) is 2.21. The second kappa shape index (κ2) is 5.87. The Kier molecular flexibility index (Phi) is 4.38. The van der Waals surface area contributed by atoms with E-state index in [-0.39, 0.29) is 17.5 Å². The van der Waals surface area contributed by atoms with Crippen LogP contribution in [-0.4, -0.2) is 40.5 Å². The average Bonchev–Trinajstić information content (AvgIpc) is 2.38. The number of halogens is 1. The molecule has 1 N–H and O–H groups in total. The molecule has 1 fully saturated rings. The van der Waals surface area contributed by atoms with Gasteiger partial charge in [0.05, 0.1) is 0 Å². The number of hydrogen-bond acceptors (Lipinski definition) is 3. The summed E-state index contributed by atoms with van der Waals surface area (Å²) in [6.07, 6.45) is 3.17. The summed E-state index contributed by atoms with van der Waals surface area (Å²) in [4.78, 5) is 17.9. The molecule has 4 nitrogen and oxygen atoms in total. The van der Waals surface area contributed by atoms with Gasteiger partial charge in [0, 0.05) is 42.5 Å². The van der Waals surface area contributed by atoms with Crippen molar-refractivity contribution in [2.45, 2.75) is 45.2 Å². The van der Waals surface area contributed by atoms with Crippen LogP contribution in [0.15, 0.2) is 18.3 Å². The minimum atomic E-state index is -0.625. The van der Waals surface area contributed by atoms with Gasteiger partial charge in [0.15, 0.2) is 0 Å². The quantitative estimate of drug-likeness (QED) is 0.844. The Balaban J connectivity index is 1.88. The predicted molar refractivity (Wildman–Crippen MR) is 76.0 cm³/mol. The van der Waals surface area contributed by atoms with Crippen molar-refractivity contribution >= 4 is 5.91 Å². The van der Waals surface area contributed by atoms with E-state index in [1.54, 1.807) is 0 Å². The van der Waals surface area contributed by atoms with Crippen LogP contribution in [0, 0.1) is 5.95 Å². The van der Waals surface area contributed by atoms with Crippen molar-refractivity contribution in [1.82, 2.24) is 15.2 Å². The molecular formula is C15H22FN3O. The summed E-state index contributed by atoms with van der Waals surface area (Å²) < 4.78 is 13.0. The molecule has 0 bridgehead atoms. The van der Waals surface area contributed by atoms with Crippen LogP contribution in [0.3, 0.4) is 0 Å². The molecule has 1 aliphatic rings. The van der Waals surface area contributed by atoms with E-state index in [1.165, 1.54) is 18.3 Å². The maximum absolute atomic E-state index is 13.0. The number of carbonyl (C=O) groups is 1. The Morgan fingerprint density at radius 3 is 2.60 bits per heavy atom. The molecule has 0 radical (unpaired) electrons. The zero-order valence-corrected chi connectivity index (χ0v) is 12.3. The first kappa shape index (κ1) is 14.9. The molecule has 0 atom stereocenters. The summed E-state index contributed by atoms with van der Waals surface area (Å²) in [6, 6.07) is 2.86. The summed E-state index contributed by atoms with van der Waals surface area (Å²) in [7, 11) is 0. The number of amides is 1. The molecular weight excluding hydrogens is 257 g/mol. The van der Waals surface area contributed by atoms with Gasteiger partial charge in [0.25, 0.3) is 5.91 Å². The molecule has 0 aromatic carbocycles. The standard InChI is InChI=1S/C15H22FN3O/c1-15(2,3)19-8-5-12(6-9-19)18-14(20)11-4-7-17-13(16)10-11/h4,7,10,12H,5-6,8-9H2,1-3H3,(H,18,20). The minimum absolute atomic E-state index is 0.164. The van der Waals surface area contributed by atoms with Crippen LogP contribution in [0.5, 0.6) is 0 Å². The Morgan fingerprint density at radius 2 is 2.05 bits per heavy atom. The Morgan fingerprint density at radius 1 is 1.40 bits per heavy atom. The fraction of sp³-hybridized carbons (Fsp3) is 0.600. The van der Waals surface area contributed by atoms with Crippen molar-refractivity contribution in [3.05, 3.63) is 29.8 Å². The van der Waals surface area contributed by atoms with Crippen LogP contribution in [-0.2, 0) is 0 Å². The van der Waals surface area contributed by atoms with E-state index in [9.17, 15) is 9.18 Å². The number of aromatic nitrogens is 1. The number of hydrogen-bond donors (Lipinski definition) is 1. The van der Waals surface area contributed by atoms with Crippen molar-refractivity contribution in [2.75, 3.05) is 13.1 Å². The van der Waals surface area contributed by atoms with E-state index >= 15 is 0 Å².